The van der Waals surface area contributed by atoms with Gasteiger partial charge in [0.1, 0.15) is 0 Å². The van der Waals surface area contributed by atoms with Gasteiger partial charge in [0.05, 0.1) is 26.4 Å². The quantitative estimate of drug-likeness (QED) is 0.587. The first-order valence-corrected chi connectivity index (χ1v) is 8.05. The Hall–Kier alpha value is -0.850. The molecule has 3 aliphatic heterocycles. The monoisotopic (exact) mass is 296 g/mol. The normalized spacial score (nSPS) is 30.3. The molecule has 0 aromatic rings. The van der Waals surface area contributed by atoms with Crippen LogP contribution >= 0.6 is 0 Å². The van der Waals surface area contributed by atoms with E-state index in [0.29, 0.717) is 6.04 Å². The second kappa shape index (κ2) is 6.50. The maximum atomic E-state index is 5.45. The van der Waals surface area contributed by atoms with E-state index >= 15 is 0 Å². The third-order valence-electron chi connectivity index (χ3n) is 4.81. The molecule has 0 aromatic heterocycles. The van der Waals surface area contributed by atoms with E-state index in [1.807, 2.05) is 7.05 Å². The van der Waals surface area contributed by atoms with E-state index in [-0.39, 0.29) is 5.41 Å². The lowest BCUT2D eigenvalue weighted by atomic mass is 9.89. The Morgan fingerprint density at radius 2 is 2.00 bits per heavy atom. The van der Waals surface area contributed by atoms with Crippen LogP contribution in [0.25, 0.3) is 0 Å². The van der Waals surface area contributed by atoms with Gasteiger partial charge in [0.15, 0.2) is 5.96 Å². The average molecular weight is 296 g/mol. The highest BCUT2D eigenvalue weighted by Crippen LogP contribution is 2.25. The lowest BCUT2D eigenvalue weighted by molar-refractivity contribution is -0.0972. The molecule has 0 aromatic carbocycles. The number of guanidine groups is 1. The van der Waals surface area contributed by atoms with E-state index in [0.717, 1.165) is 65.1 Å². The molecule has 3 fully saturated rings. The lowest BCUT2D eigenvalue weighted by Gasteiger charge is -2.39. The summed E-state index contributed by atoms with van der Waals surface area (Å²) >= 11 is 0. The molecule has 3 heterocycles. The van der Waals surface area contributed by atoms with E-state index in [1.165, 1.54) is 6.42 Å². The molecule has 1 atom stereocenters. The van der Waals surface area contributed by atoms with Crippen molar-refractivity contribution in [1.29, 1.82) is 0 Å². The molecule has 3 saturated heterocycles. The summed E-state index contributed by atoms with van der Waals surface area (Å²) < 4.78 is 10.8. The number of rotatable bonds is 3. The van der Waals surface area contributed by atoms with Crippen molar-refractivity contribution in [2.45, 2.75) is 19.4 Å². The van der Waals surface area contributed by atoms with Crippen LogP contribution in [0.15, 0.2) is 4.99 Å². The standard InChI is InChI=1S/C15H28N4O2/c1-15(11-21-12-15)10-17-14(16-2)19-4-3-13(9-19)18-5-7-20-8-6-18/h13H,3-12H2,1-2H3,(H,16,17). The summed E-state index contributed by atoms with van der Waals surface area (Å²) in [5.74, 6) is 1.04. The first-order valence-electron chi connectivity index (χ1n) is 8.05. The lowest BCUT2D eigenvalue weighted by Crippen LogP contribution is -2.52. The fourth-order valence-corrected chi connectivity index (χ4v) is 3.35. The minimum absolute atomic E-state index is 0.277. The van der Waals surface area contributed by atoms with Crippen molar-refractivity contribution in [2.75, 3.05) is 66.2 Å². The van der Waals surface area contributed by atoms with Gasteiger partial charge in [-0.2, -0.15) is 0 Å². The molecular weight excluding hydrogens is 268 g/mol. The van der Waals surface area contributed by atoms with Gasteiger partial charge in [0.2, 0.25) is 0 Å². The van der Waals surface area contributed by atoms with Gasteiger partial charge in [-0.05, 0) is 6.42 Å². The van der Waals surface area contributed by atoms with Gasteiger partial charge < -0.3 is 19.7 Å². The van der Waals surface area contributed by atoms with Crippen molar-refractivity contribution in [1.82, 2.24) is 15.1 Å². The molecule has 120 valence electrons. The van der Waals surface area contributed by atoms with Crippen LogP contribution in [-0.4, -0.2) is 88.0 Å². The van der Waals surface area contributed by atoms with E-state index in [4.69, 9.17) is 9.47 Å². The number of nitrogens with one attached hydrogen (secondary N) is 1. The molecule has 0 bridgehead atoms. The summed E-state index contributed by atoms with van der Waals surface area (Å²) in [5, 5.41) is 3.53. The Labute approximate surface area is 127 Å². The fourth-order valence-electron chi connectivity index (χ4n) is 3.35. The molecule has 21 heavy (non-hydrogen) atoms. The van der Waals surface area contributed by atoms with Crippen LogP contribution in [0.5, 0.6) is 0 Å². The zero-order valence-electron chi connectivity index (χ0n) is 13.3. The third kappa shape index (κ3) is 3.49. The SMILES string of the molecule is CN=C(NCC1(C)COC1)N1CCC(N2CCOCC2)C1. The second-order valence-corrected chi connectivity index (χ2v) is 6.74. The largest absolute Gasteiger partial charge is 0.380 e. The van der Waals surface area contributed by atoms with E-state index in [9.17, 15) is 0 Å². The van der Waals surface area contributed by atoms with Gasteiger partial charge in [0, 0.05) is 51.2 Å². The highest BCUT2D eigenvalue weighted by atomic mass is 16.5. The second-order valence-electron chi connectivity index (χ2n) is 6.74. The summed E-state index contributed by atoms with van der Waals surface area (Å²) in [7, 11) is 1.88. The predicted octanol–water partition coefficient (Wildman–Crippen LogP) is 0.00480. The van der Waals surface area contributed by atoms with Crippen molar-refractivity contribution in [3.8, 4) is 0 Å². The summed E-state index contributed by atoms with van der Waals surface area (Å²) in [6, 6.07) is 0.648. The molecule has 0 radical (unpaired) electrons. The first kappa shape index (κ1) is 15.1. The minimum Gasteiger partial charge on any atom is -0.380 e. The van der Waals surface area contributed by atoms with Gasteiger partial charge in [-0.25, -0.2) is 0 Å². The highest BCUT2D eigenvalue weighted by Gasteiger charge is 2.35. The Kier molecular flexibility index (Phi) is 4.66. The van der Waals surface area contributed by atoms with Gasteiger partial charge in [-0.1, -0.05) is 6.92 Å². The number of nitrogens with zero attached hydrogens (tertiary/aromatic N) is 3. The van der Waals surface area contributed by atoms with E-state index in [1.54, 1.807) is 0 Å². The number of aliphatic imine (C=N–C) groups is 1. The number of likely N-dealkylation sites (tertiary alicyclic amines) is 1. The van der Waals surface area contributed by atoms with Crippen molar-refractivity contribution in [3.05, 3.63) is 0 Å². The zero-order valence-corrected chi connectivity index (χ0v) is 13.3. The van der Waals surface area contributed by atoms with Crippen LogP contribution in [-0.2, 0) is 9.47 Å². The molecule has 1 unspecified atom stereocenters. The Morgan fingerprint density at radius 1 is 1.24 bits per heavy atom. The van der Waals surface area contributed by atoms with Gasteiger partial charge >= 0.3 is 0 Å². The van der Waals surface area contributed by atoms with Crippen LogP contribution in [0.3, 0.4) is 0 Å². The van der Waals surface area contributed by atoms with Crippen molar-refractivity contribution < 1.29 is 9.47 Å². The predicted molar refractivity (Wildman–Crippen MR) is 82.7 cm³/mol. The van der Waals surface area contributed by atoms with Gasteiger partial charge in [-0.3, -0.25) is 9.89 Å². The minimum atomic E-state index is 0.277. The summed E-state index contributed by atoms with van der Waals surface area (Å²) in [4.78, 5) is 9.42. The van der Waals surface area contributed by atoms with Crippen molar-refractivity contribution >= 4 is 5.96 Å². The molecule has 3 aliphatic rings. The summed E-state index contributed by atoms with van der Waals surface area (Å²) in [6.45, 7) is 11.0. The molecule has 6 nitrogen and oxygen atoms in total. The number of ether oxygens (including phenoxy) is 2. The molecule has 6 heteroatoms. The molecule has 0 amide bonds. The van der Waals surface area contributed by atoms with E-state index in [2.05, 4.69) is 27.0 Å². The Morgan fingerprint density at radius 3 is 2.62 bits per heavy atom. The molecule has 1 N–H and O–H groups in total. The van der Waals surface area contributed by atoms with Gasteiger partial charge in [-0.15, -0.1) is 0 Å². The topological polar surface area (TPSA) is 49.3 Å². The van der Waals surface area contributed by atoms with Crippen molar-refractivity contribution in [2.24, 2.45) is 10.4 Å². The third-order valence-corrected chi connectivity index (χ3v) is 4.81. The molecule has 3 rings (SSSR count). The van der Waals surface area contributed by atoms with Crippen LogP contribution in [0.2, 0.25) is 0 Å². The molecule has 0 saturated carbocycles. The van der Waals surface area contributed by atoms with E-state index < -0.39 is 0 Å². The highest BCUT2D eigenvalue weighted by molar-refractivity contribution is 5.80. The zero-order chi connectivity index (χ0) is 14.7. The summed E-state index contributed by atoms with van der Waals surface area (Å²) in [5.41, 5.74) is 0.277. The molecular formula is C15H28N4O2. The van der Waals surface area contributed by atoms with Crippen LogP contribution in [0.4, 0.5) is 0 Å². The number of morpholine rings is 1. The maximum absolute atomic E-state index is 5.45. The Bertz CT molecular complexity index is 378. The first-order chi connectivity index (χ1) is 10.2. The van der Waals surface area contributed by atoms with Crippen LogP contribution in [0.1, 0.15) is 13.3 Å². The summed E-state index contributed by atoms with van der Waals surface area (Å²) in [6.07, 6.45) is 1.22. The average Bonchev–Trinajstić information content (AvgIpc) is 2.97. The Balaban J connectivity index is 1.48. The van der Waals surface area contributed by atoms with Crippen molar-refractivity contribution in [3.63, 3.8) is 0 Å². The molecule has 0 spiro atoms. The smallest absolute Gasteiger partial charge is 0.193 e. The van der Waals surface area contributed by atoms with Gasteiger partial charge in [0.25, 0.3) is 0 Å². The number of hydrogen-bond donors (Lipinski definition) is 1. The van der Waals surface area contributed by atoms with Crippen LogP contribution in [0, 0.1) is 5.41 Å². The van der Waals surface area contributed by atoms with Crippen LogP contribution < -0.4 is 5.32 Å². The number of hydrogen-bond acceptors (Lipinski definition) is 4. The maximum Gasteiger partial charge on any atom is 0.193 e. The fraction of sp³-hybridized carbons (Fsp3) is 0.933. The molecule has 0 aliphatic carbocycles.